The highest BCUT2D eigenvalue weighted by Gasteiger charge is 2.48. The third-order valence-electron chi connectivity index (χ3n) is 6.45. The van der Waals surface area contributed by atoms with Gasteiger partial charge in [-0.15, -0.1) is 0 Å². The van der Waals surface area contributed by atoms with E-state index >= 15 is 0 Å². The molecule has 0 aromatic carbocycles. The fraction of sp³-hybridized carbons (Fsp3) is 0.792. The van der Waals surface area contributed by atoms with Crippen molar-refractivity contribution in [1.82, 2.24) is 10.6 Å². The number of allylic oxidation sites excluding steroid dienone is 2. The van der Waals surface area contributed by atoms with Crippen LogP contribution in [0.4, 0.5) is 0 Å². The molecule has 176 valence electrons. The summed E-state index contributed by atoms with van der Waals surface area (Å²) in [5.74, 6) is -0.375. The molecule has 2 amide bonds. The van der Waals surface area contributed by atoms with E-state index in [0.717, 1.165) is 44.9 Å². The first kappa shape index (κ1) is 25.4. The summed E-state index contributed by atoms with van der Waals surface area (Å²) < 4.78 is 6.11. The lowest BCUT2D eigenvalue weighted by Crippen LogP contribution is -2.55. The number of ether oxygens (including phenoxy) is 1. The molecule has 4 atom stereocenters. The van der Waals surface area contributed by atoms with Crippen LogP contribution >= 0.6 is 0 Å². The van der Waals surface area contributed by atoms with Gasteiger partial charge in [-0.25, -0.2) is 0 Å². The Hall–Kier alpha value is -1.89. The van der Waals surface area contributed by atoms with Gasteiger partial charge in [0.2, 0.25) is 11.8 Å². The van der Waals surface area contributed by atoms with Gasteiger partial charge in [0, 0.05) is 25.3 Å². The predicted molar refractivity (Wildman–Crippen MR) is 119 cm³/mol. The van der Waals surface area contributed by atoms with Crippen molar-refractivity contribution < 1.29 is 24.2 Å². The van der Waals surface area contributed by atoms with Crippen LogP contribution < -0.4 is 10.6 Å². The number of carbonyl (C=O) groups excluding carboxylic acids is 2. The zero-order chi connectivity index (χ0) is 22.9. The van der Waals surface area contributed by atoms with E-state index in [-0.39, 0.29) is 36.4 Å². The fourth-order valence-electron chi connectivity index (χ4n) is 4.66. The first-order valence-electron chi connectivity index (χ1n) is 11.9. The molecule has 0 aliphatic carbocycles. The number of hydrogen-bond donors (Lipinski definition) is 3. The zero-order valence-electron chi connectivity index (χ0n) is 19.3. The van der Waals surface area contributed by atoms with Crippen LogP contribution in [0.15, 0.2) is 12.2 Å². The first-order valence-corrected chi connectivity index (χ1v) is 11.9. The van der Waals surface area contributed by atoms with Gasteiger partial charge in [0.25, 0.3) is 0 Å². The molecule has 7 heteroatoms. The monoisotopic (exact) mass is 436 g/mol. The van der Waals surface area contributed by atoms with E-state index in [1.54, 1.807) is 13.8 Å². The maximum Gasteiger partial charge on any atom is 0.303 e. The minimum atomic E-state index is -0.943. The van der Waals surface area contributed by atoms with Crippen molar-refractivity contribution in [3.63, 3.8) is 0 Å². The molecule has 2 aliphatic heterocycles. The van der Waals surface area contributed by atoms with Crippen LogP contribution in [0.5, 0.6) is 0 Å². The van der Waals surface area contributed by atoms with E-state index < -0.39 is 11.5 Å². The molecule has 2 bridgehead atoms. The summed E-state index contributed by atoms with van der Waals surface area (Å²) in [6, 6.07) is 0. The summed E-state index contributed by atoms with van der Waals surface area (Å²) in [5, 5.41) is 14.6. The molecule has 0 saturated carbocycles. The molecular weight excluding hydrogens is 396 g/mol. The molecule has 0 radical (unpaired) electrons. The molecule has 2 saturated heterocycles. The summed E-state index contributed by atoms with van der Waals surface area (Å²) in [7, 11) is 0. The fourth-order valence-corrected chi connectivity index (χ4v) is 4.66. The topological polar surface area (TPSA) is 105 Å². The number of carboxylic acids is 1. The Morgan fingerprint density at radius 3 is 2.42 bits per heavy atom. The van der Waals surface area contributed by atoms with Gasteiger partial charge >= 0.3 is 5.97 Å². The second kappa shape index (κ2) is 12.2. The molecule has 2 rings (SSSR count). The molecule has 0 unspecified atom stereocenters. The average Bonchev–Trinajstić information content (AvgIpc) is 3.30. The number of fused-ring (bicyclic) bond motifs is 2. The normalized spacial score (nSPS) is 25.1. The van der Waals surface area contributed by atoms with E-state index in [9.17, 15) is 14.4 Å². The van der Waals surface area contributed by atoms with Gasteiger partial charge in [0.15, 0.2) is 0 Å². The Morgan fingerprint density at radius 1 is 1.03 bits per heavy atom. The highest BCUT2D eigenvalue weighted by molar-refractivity contribution is 5.90. The van der Waals surface area contributed by atoms with Crippen LogP contribution in [-0.4, -0.2) is 47.2 Å². The van der Waals surface area contributed by atoms with Gasteiger partial charge < -0.3 is 20.5 Å². The predicted octanol–water partition coefficient (Wildman–Crippen LogP) is 3.57. The lowest BCUT2D eigenvalue weighted by molar-refractivity contribution is -0.137. The van der Waals surface area contributed by atoms with Gasteiger partial charge in [-0.05, 0) is 58.3 Å². The van der Waals surface area contributed by atoms with Crippen LogP contribution in [0.25, 0.3) is 0 Å². The third kappa shape index (κ3) is 7.95. The average molecular weight is 437 g/mol. The Bertz CT molecular complexity index is 646. The van der Waals surface area contributed by atoms with Crippen molar-refractivity contribution >= 4 is 17.8 Å². The van der Waals surface area contributed by atoms with Crippen LogP contribution in [0, 0.1) is 11.8 Å². The Kier molecular flexibility index (Phi) is 10.0. The van der Waals surface area contributed by atoms with E-state index in [2.05, 4.69) is 29.7 Å². The van der Waals surface area contributed by atoms with E-state index in [1.807, 2.05) is 0 Å². The minimum Gasteiger partial charge on any atom is -0.481 e. The quantitative estimate of drug-likeness (QED) is 0.285. The smallest absolute Gasteiger partial charge is 0.303 e. The van der Waals surface area contributed by atoms with Crippen molar-refractivity contribution in [2.45, 2.75) is 103 Å². The number of unbranched alkanes of at least 4 members (excludes halogenated alkanes) is 3. The van der Waals surface area contributed by atoms with Crippen molar-refractivity contribution in [2.24, 2.45) is 11.8 Å². The maximum atomic E-state index is 12.8. The number of hydrogen-bond acceptors (Lipinski definition) is 4. The lowest BCUT2D eigenvalue weighted by Gasteiger charge is -2.30. The number of nitrogens with one attached hydrogen (secondary N) is 2. The molecule has 31 heavy (non-hydrogen) atoms. The minimum absolute atomic E-state index is 0.0808. The molecule has 0 aromatic heterocycles. The summed E-state index contributed by atoms with van der Waals surface area (Å²) in [6.07, 6.45) is 12.6. The molecular formula is C24H40N2O5. The van der Waals surface area contributed by atoms with Gasteiger partial charge in [0.05, 0.1) is 12.2 Å². The molecule has 0 spiro atoms. The number of amides is 2. The molecule has 2 fully saturated rings. The van der Waals surface area contributed by atoms with Crippen molar-refractivity contribution in [1.29, 1.82) is 0 Å². The zero-order valence-corrected chi connectivity index (χ0v) is 19.3. The number of aliphatic carboxylic acids is 1. The summed E-state index contributed by atoms with van der Waals surface area (Å²) in [5.41, 5.74) is -0.943. The van der Waals surface area contributed by atoms with Crippen molar-refractivity contribution in [3.05, 3.63) is 12.2 Å². The van der Waals surface area contributed by atoms with Gasteiger partial charge in [-0.1, -0.05) is 31.9 Å². The molecule has 3 N–H and O–H groups in total. The van der Waals surface area contributed by atoms with E-state index in [4.69, 9.17) is 9.84 Å². The third-order valence-corrected chi connectivity index (χ3v) is 6.45. The highest BCUT2D eigenvalue weighted by atomic mass is 16.5. The number of carboxylic acid groups (broad SMARTS) is 1. The largest absolute Gasteiger partial charge is 0.481 e. The van der Waals surface area contributed by atoms with Gasteiger partial charge in [0.1, 0.15) is 5.54 Å². The van der Waals surface area contributed by atoms with Gasteiger partial charge in [-0.3, -0.25) is 14.4 Å². The molecule has 7 nitrogen and oxygen atoms in total. The van der Waals surface area contributed by atoms with Crippen LogP contribution in [0.1, 0.15) is 85.0 Å². The standard InChI is InChI=1S/C24H40N2O5/c1-4-5-8-12-21(27)26-24(2,3)23(30)25-16-18-17(19-14-15-20(18)31-19)11-9-6-7-10-13-22(28)29/h6,9,17-20H,4-5,7-8,10-16H2,1-3H3,(H,25,30)(H,26,27)(H,28,29)/b9-6-/t17-,18+,19-,20+/m1/s1. The second-order valence-electron chi connectivity index (χ2n) is 9.45. The maximum absolute atomic E-state index is 12.8. The summed E-state index contributed by atoms with van der Waals surface area (Å²) in [4.78, 5) is 35.5. The molecule has 0 aromatic rings. The number of rotatable bonds is 14. The van der Waals surface area contributed by atoms with Crippen LogP contribution in [0.2, 0.25) is 0 Å². The van der Waals surface area contributed by atoms with Crippen LogP contribution in [0.3, 0.4) is 0 Å². The van der Waals surface area contributed by atoms with Crippen LogP contribution in [-0.2, 0) is 19.1 Å². The second-order valence-corrected chi connectivity index (χ2v) is 9.45. The first-order chi connectivity index (χ1) is 14.7. The summed E-state index contributed by atoms with van der Waals surface area (Å²) >= 11 is 0. The van der Waals surface area contributed by atoms with E-state index in [0.29, 0.717) is 25.3 Å². The molecule has 2 heterocycles. The Morgan fingerprint density at radius 2 is 1.74 bits per heavy atom. The Labute approximate surface area is 186 Å². The van der Waals surface area contributed by atoms with E-state index in [1.165, 1.54) is 0 Å². The highest BCUT2D eigenvalue weighted by Crippen LogP contribution is 2.44. The van der Waals surface area contributed by atoms with Gasteiger partial charge in [-0.2, -0.15) is 0 Å². The molecule has 2 aliphatic rings. The SMILES string of the molecule is CCCCCC(=O)NC(C)(C)C(=O)NC[C@H]1[C@@H](C/C=C\CCCC(=O)O)[C@H]2CC[C@@H]1O2. The van der Waals surface area contributed by atoms with Crippen molar-refractivity contribution in [2.75, 3.05) is 6.54 Å². The lowest BCUT2D eigenvalue weighted by atomic mass is 9.77. The Balaban J connectivity index is 1.80. The van der Waals surface area contributed by atoms with Crippen molar-refractivity contribution in [3.8, 4) is 0 Å². The summed E-state index contributed by atoms with van der Waals surface area (Å²) in [6.45, 7) is 6.13. The number of carbonyl (C=O) groups is 3.